The molecular formula is C24H30O6. The molecule has 0 radical (unpaired) electrons. The summed E-state index contributed by atoms with van der Waals surface area (Å²) in [4.78, 5) is 15.1. The SMILES string of the molecule is CCCCC(CCCOc1cccc(OCc2ccc(/C=C/C(=O)O)cc2)c1)OO. The van der Waals surface area contributed by atoms with Crippen LogP contribution in [0.2, 0.25) is 0 Å². The van der Waals surface area contributed by atoms with Gasteiger partial charge < -0.3 is 14.6 Å². The molecule has 2 aromatic rings. The molecule has 30 heavy (non-hydrogen) atoms. The van der Waals surface area contributed by atoms with Crippen LogP contribution >= 0.6 is 0 Å². The molecule has 0 saturated heterocycles. The minimum absolute atomic E-state index is 0.130. The molecule has 0 saturated carbocycles. The van der Waals surface area contributed by atoms with Crippen LogP contribution in [0.5, 0.6) is 11.5 Å². The van der Waals surface area contributed by atoms with Crippen LogP contribution in [0, 0.1) is 0 Å². The zero-order valence-electron chi connectivity index (χ0n) is 17.3. The van der Waals surface area contributed by atoms with Crippen LogP contribution in [-0.4, -0.2) is 29.0 Å². The summed E-state index contributed by atoms with van der Waals surface area (Å²) in [5.41, 5.74) is 1.80. The molecule has 6 nitrogen and oxygen atoms in total. The third-order valence-corrected chi connectivity index (χ3v) is 4.58. The standard InChI is InChI=1S/C24H30O6/c1-2-3-6-21(30-27)9-5-16-28-22-7-4-8-23(17-22)29-18-20-12-10-19(11-13-20)14-15-24(25)26/h4,7-8,10-15,17,21,27H,2-3,5-6,9,16,18H2,1H3,(H,25,26)/b15-14+. The molecule has 0 amide bonds. The maximum atomic E-state index is 10.6. The van der Waals surface area contributed by atoms with Gasteiger partial charge in [0.15, 0.2) is 0 Å². The largest absolute Gasteiger partial charge is 0.493 e. The molecule has 2 N–H and O–H groups in total. The number of hydrogen-bond donors (Lipinski definition) is 2. The highest BCUT2D eigenvalue weighted by atomic mass is 17.1. The van der Waals surface area contributed by atoms with Crippen LogP contribution in [0.4, 0.5) is 0 Å². The quantitative estimate of drug-likeness (QED) is 0.182. The summed E-state index contributed by atoms with van der Waals surface area (Å²) in [5.74, 6) is 0.473. The Labute approximate surface area is 177 Å². The fourth-order valence-corrected chi connectivity index (χ4v) is 2.90. The van der Waals surface area contributed by atoms with Crippen molar-refractivity contribution >= 4 is 12.0 Å². The van der Waals surface area contributed by atoms with Crippen molar-refractivity contribution in [3.05, 3.63) is 65.7 Å². The van der Waals surface area contributed by atoms with E-state index in [0.717, 1.165) is 55.1 Å². The molecule has 0 aromatic heterocycles. The third-order valence-electron chi connectivity index (χ3n) is 4.58. The van der Waals surface area contributed by atoms with Gasteiger partial charge in [-0.15, -0.1) is 0 Å². The second-order valence-corrected chi connectivity index (χ2v) is 7.04. The first-order valence-electron chi connectivity index (χ1n) is 10.3. The highest BCUT2D eigenvalue weighted by Crippen LogP contribution is 2.21. The molecule has 0 aliphatic carbocycles. The Morgan fingerprint density at radius 2 is 1.73 bits per heavy atom. The van der Waals surface area contributed by atoms with Crippen molar-refractivity contribution in [2.75, 3.05) is 6.61 Å². The first kappa shape index (κ1) is 23.4. The maximum absolute atomic E-state index is 10.6. The number of carboxylic acid groups (broad SMARTS) is 1. The Morgan fingerprint density at radius 1 is 1.03 bits per heavy atom. The summed E-state index contributed by atoms with van der Waals surface area (Å²) >= 11 is 0. The van der Waals surface area contributed by atoms with Crippen LogP contribution in [0.1, 0.15) is 50.2 Å². The molecule has 2 aromatic carbocycles. The molecule has 0 aliphatic heterocycles. The van der Waals surface area contributed by atoms with Crippen LogP contribution in [0.25, 0.3) is 6.08 Å². The molecule has 162 valence electrons. The number of aliphatic carboxylic acids is 1. The van der Waals surface area contributed by atoms with Gasteiger partial charge in [0, 0.05) is 12.1 Å². The lowest BCUT2D eigenvalue weighted by atomic mass is 10.1. The summed E-state index contributed by atoms with van der Waals surface area (Å²) in [7, 11) is 0. The highest BCUT2D eigenvalue weighted by Gasteiger charge is 2.08. The van der Waals surface area contributed by atoms with E-state index in [0.29, 0.717) is 19.0 Å². The van der Waals surface area contributed by atoms with Crippen molar-refractivity contribution in [2.45, 2.75) is 51.7 Å². The normalized spacial score (nSPS) is 12.1. The van der Waals surface area contributed by atoms with E-state index in [9.17, 15) is 4.79 Å². The highest BCUT2D eigenvalue weighted by molar-refractivity contribution is 5.85. The van der Waals surface area contributed by atoms with Gasteiger partial charge in [0.1, 0.15) is 18.1 Å². The van der Waals surface area contributed by atoms with Crippen LogP contribution in [-0.2, 0) is 16.3 Å². The van der Waals surface area contributed by atoms with Gasteiger partial charge in [-0.3, -0.25) is 5.26 Å². The molecular weight excluding hydrogens is 384 g/mol. The van der Waals surface area contributed by atoms with E-state index in [1.165, 1.54) is 0 Å². The Bertz CT molecular complexity index is 785. The van der Waals surface area contributed by atoms with E-state index in [2.05, 4.69) is 11.8 Å². The topological polar surface area (TPSA) is 85.2 Å². The van der Waals surface area contributed by atoms with Gasteiger partial charge in [0.05, 0.1) is 12.7 Å². The van der Waals surface area contributed by atoms with Gasteiger partial charge >= 0.3 is 5.97 Å². The molecule has 1 unspecified atom stereocenters. The number of benzene rings is 2. The summed E-state index contributed by atoms with van der Waals surface area (Å²) in [6, 6.07) is 15.0. The van der Waals surface area contributed by atoms with Crippen LogP contribution < -0.4 is 9.47 Å². The van der Waals surface area contributed by atoms with E-state index < -0.39 is 5.97 Å². The average Bonchev–Trinajstić information content (AvgIpc) is 2.77. The lowest BCUT2D eigenvalue weighted by Crippen LogP contribution is -2.12. The van der Waals surface area contributed by atoms with Crippen LogP contribution in [0.3, 0.4) is 0 Å². The first-order valence-corrected chi connectivity index (χ1v) is 10.3. The van der Waals surface area contributed by atoms with Gasteiger partial charge in [-0.2, -0.15) is 0 Å². The molecule has 6 heteroatoms. The van der Waals surface area contributed by atoms with Gasteiger partial charge in [-0.25, -0.2) is 9.68 Å². The van der Waals surface area contributed by atoms with Crippen molar-refractivity contribution in [3.8, 4) is 11.5 Å². The number of carboxylic acids is 1. The zero-order valence-corrected chi connectivity index (χ0v) is 17.3. The fourth-order valence-electron chi connectivity index (χ4n) is 2.90. The molecule has 0 fully saturated rings. The van der Waals surface area contributed by atoms with Gasteiger partial charge in [0.2, 0.25) is 0 Å². The molecule has 2 rings (SSSR count). The van der Waals surface area contributed by atoms with E-state index in [4.69, 9.17) is 19.8 Å². The molecule has 0 heterocycles. The first-order chi connectivity index (χ1) is 14.6. The summed E-state index contributed by atoms with van der Waals surface area (Å²) in [5, 5.41) is 17.6. The molecule has 1 atom stereocenters. The summed E-state index contributed by atoms with van der Waals surface area (Å²) in [6.07, 6.45) is 7.04. The number of ether oxygens (including phenoxy) is 2. The lowest BCUT2D eigenvalue weighted by molar-refractivity contribution is -0.281. The number of carbonyl (C=O) groups is 1. The Morgan fingerprint density at radius 3 is 2.40 bits per heavy atom. The Balaban J connectivity index is 1.76. The minimum atomic E-state index is -0.970. The summed E-state index contributed by atoms with van der Waals surface area (Å²) in [6.45, 7) is 3.06. The van der Waals surface area contributed by atoms with Gasteiger partial charge in [0.25, 0.3) is 0 Å². The molecule has 0 bridgehead atoms. The second kappa shape index (κ2) is 13.4. The van der Waals surface area contributed by atoms with Crippen molar-refractivity contribution in [1.29, 1.82) is 0 Å². The number of hydrogen-bond acceptors (Lipinski definition) is 5. The second-order valence-electron chi connectivity index (χ2n) is 7.04. The van der Waals surface area contributed by atoms with E-state index in [1.807, 2.05) is 48.5 Å². The minimum Gasteiger partial charge on any atom is -0.493 e. The summed E-state index contributed by atoms with van der Waals surface area (Å²) < 4.78 is 11.6. The Hall–Kier alpha value is -2.83. The molecule has 0 spiro atoms. The predicted octanol–water partition coefficient (Wildman–Crippen LogP) is 5.57. The van der Waals surface area contributed by atoms with E-state index in [1.54, 1.807) is 6.08 Å². The average molecular weight is 414 g/mol. The van der Waals surface area contributed by atoms with Crippen molar-refractivity contribution < 1.29 is 29.5 Å². The third kappa shape index (κ3) is 9.11. The van der Waals surface area contributed by atoms with E-state index >= 15 is 0 Å². The maximum Gasteiger partial charge on any atom is 0.328 e. The smallest absolute Gasteiger partial charge is 0.328 e. The van der Waals surface area contributed by atoms with Crippen molar-refractivity contribution in [1.82, 2.24) is 0 Å². The number of rotatable bonds is 14. The van der Waals surface area contributed by atoms with Gasteiger partial charge in [-0.05, 0) is 48.6 Å². The Kier molecular flexibility index (Phi) is 10.5. The fraction of sp³-hybridized carbons (Fsp3) is 0.375. The number of unbranched alkanes of at least 4 members (excludes halogenated alkanes) is 1. The zero-order chi connectivity index (χ0) is 21.6. The lowest BCUT2D eigenvalue weighted by Gasteiger charge is -2.13. The van der Waals surface area contributed by atoms with Gasteiger partial charge in [-0.1, -0.05) is 50.1 Å². The predicted molar refractivity (Wildman–Crippen MR) is 116 cm³/mol. The van der Waals surface area contributed by atoms with Crippen LogP contribution in [0.15, 0.2) is 54.6 Å². The van der Waals surface area contributed by atoms with E-state index in [-0.39, 0.29) is 6.10 Å². The van der Waals surface area contributed by atoms with Crippen molar-refractivity contribution in [2.24, 2.45) is 0 Å². The van der Waals surface area contributed by atoms with Crippen molar-refractivity contribution in [3.63, 3.8) is 0 Å². The monoisotopic (exact) mass is 414 g/mol. The molecule has 0 aliphatic rings.